The second-order valence-corrected chi connectivity index (χ2v) is 2.86. The van der Waals surface area contributed by atoms with E-state index in [9.17, 15) is 0 Å². The predicted octanol–water partition coefficient (Wildman–Crippen LogP) is 2.01. The SMILES string of the molecule is [CH]1CC(C2CC2)C1. The van der Waals surface area contributed by atoms with Crippen molar-refractivity contribution in [1.82, 2.24) is 0 Å². The molecule has 7 heavy (non-hydrogen) atoms. The normalized spacial score (nSPS) is 32.6. The Hall–Kier alpha value is 0. The van der Waals surface area contributed by atoms with E-state index >= 15 is 0 Å². The summed E-state index contributed by atoms with van der Waals surface area (Å²) in [7, 11) is 0. The molecule has 1 radical (unpaired) electrons. The Bertz CT molecular complexity index is 68.1. The first-order valence-corrected chi connectivity index (χ1v) is 3.28. The van der Waals surface area contributed by atoms with E-state index in [0.29, 0.717) is 0 Å². The van der Waals surface area contributed by atoms with E-state index in [2.05, 4.69) is 6.42 Å². The van der Waals surface area contributed by atoms with Crippen molar-refractivity contribution < 1.29 is 0 Å². The van der Waals surface area contributed by atoms with Gasteiger partial charge in [-0.3, -0.25) is 0 Å². The molecule has 0 heteroatoms. The van der Waals surface area contributed by atoms with Crippen LogP contribution in [0.5, 0.6) is 0 Å². The van der Waals surface area contributed by atoms with Crippen LogP contribution in [0.1, 0.15) is 25.7 Å². The van der Waals surface area contributed by atoms with Gasteiger partial charge in [-0.25, -0.2) is 0 Å². The van der Waals surface area contributed by atoms with Gasteiger partial charge in [-0.05, 0) is 43.9 Å². The van der Waals surface area contributed by atoms with E-state index < -0.39 is 0 Å². The van der Waals surface area contributed by atoms with E-state index in [4.69, 9.17) is 0 Å². The van der Waals surface area contributed by atoms with Gasteiger partial charge in [0.1, 0.15) is 0 Å². The maximum atomic E-state index is 2.41. The van der Waals surface area contributed by atoms with E-state index in [1.165, 1.54) is 18.8 Å². The Kier molecular flexibility index (Phi) is 0.697. The van der Waals surface area contributed by atoms with Gasteiger partial charge in [-0.2, -0.15) is 0 Å². The van der Waals surface area contributed by atoms with Crippen LogP contribution in [0.15, 0.2) is 0 Å². The minimum atomic E-state index is 1.14. The maximum Gasteiger partial charge on any atom is -0.0380 e. The molecule has 39 valence electrons. The van der Waals surface area contributed by atoms with Crippen LogP contribution in [0.3, 0.4) is 0 Å². The van der Waals surface area contributed by atoms with Crippen LogP contribution < -0.4 is 0 Å². The van der Waals surface area contributed by atoms with Crippen molar-refractivity contribution in [3.8, 4) is 0 Å². The molecular weight excluding hydrogens is 84.1 g/mol. The molecule has 2 rings (SSSR count). The summed E-state index contributed by atoms with van der Waals surface area (Å²) in [6, 6.07) is 0. The van der Waals surface area contributed by atoms with Crippen LogP contribution in [0.4, 0.5) is 0 Å². The first-order valence-electron chi connectivity index (χ1n) is 3.28. The number of hydrogen-bond acceptors (Lipinski definition) is 0. The van der Waals surface area contributed by atoms with E-state index in [-0.39, 0.29) is 0 Å². The third-order valence-electron chi connectivity index (χ3n) is 2.23. The Balaban J connectivity index is 1.83. The summed E-state index contributed by atoms with van der Waals surface area (Å²) in [5, 5.41) is 0. The van der Waals surface area contributed by atoms with Crippen LogP contribution >= 0.6 is 0 Å². The van der Waals surface area contributed by atoms with Crippen LogP contribution in [0.2, 0.25) is 0 Å². The summed E-state index contributed by atoms with van der Waals surface area (Å²) >= 11 is 0. The number of rotatable bonds is 1. The van der Waals surface area contributed by atoms with Crippen molar-refractivity contribution in [3.05, 3.63) is 6.42 Å². The van der Waals surface area contributed by atoms with E-state index in [1.807, 2.05) is 0 Å². The van der Waals surface area contributed by atoms with Crippen molar-refractivity contribution in [2.75, 3.05) is 0 Å². The quantitative estimate of drug-likeness (QED) is 0.467. The highest BCUT2D eigenvalue weighted by Gasteiger charge is 2.34. The molecule has 2 aliphatic carbocycles. The van der Waals surface area contributed by atoms with Gasteiger partial charge in [0.15, 0.2) is 0 Å². The molecule has 0 aromatic heterocycles. The predicted molar refractivity (Wildman–Crippen MR) is 29.7 cm³/mol. The molecule has 0 aromatic carbocycles. The average Bonchev–Trinajstić information content (AvgIpc) is 2.10. The highest BCUT2D eigenvalue weighted by atomic mass is 14.4. The lowest BCUT2D eigenvalue weighted by Gasteiger charge is -2.24. The molecule has 0 spiro atoms. The number of hydrogen-bond donors (Lipinski definition) is 0. The van der Waals surface area contributed by atoms with E-state index in [0.717, 1.165) is 5.92 Å². The average molecular weight is 95.2 g/mol. The molecule has 2 saturated carbocycles. The Morgan fingerprint density at radius 1 is 1.00 bits per heavy atom. The van der Waals surface area contributed by atoms with Gasteiger partial charge in [0.25, 0.3) is 0 Å². The summed E-state index contributed by atoms with van der Waals surface area (Å²) in [5.41, 5.74) is 0. The summed E-state index contributed by atoms with van der Waals surface area (Å²) in [4.78, 5) is 0. The van der Waals surface area contributed by atoms with Crippen LogP contribution in [0.25, 0.3) is 0 Å². The highest BCUT2D eigenvalue weighted by Crippen LogP contribution is 2.45. The maximum absolute atomic E-state index is 2.41. The largest absolute Gasteiger partial charge is 0.0499 e. The lowest BCUT2D eigenvalue weighted by molar-refractivity contribution is 0.360. The van der Waals surface area contributed by atoms with Gasteiger partial charge < -0.3 is 0 Å². The fourth-order valence-corrected chi connectivity index (χ4v) is 1.31. The summed E-state index contributed by atoms with van der Waals surface area (Å²) in [6.07, 6.45) is 8.36. The molecule has 0 aliphatic heterocycles. The molecule has 0 atom stereocenters. The van der Waals surface area contributed by atoms with Gasteiger partial charge in [-0.1, -0.05) is 0 Å². The zero-order chi connectivity index (χ0) is 4.69. The van der Waals surface area contributed by atoms with Crippen molar-refractivity contribution >= 4 is 0 Å². The molecule has 0 bridgehead atoms. The van der Waals surface area contributed by atoms with Crippen molar-refractivity contribution in [1.29, 1.82) is 0 Å². The lowest BCUT2D eigenvalue weighted by Crippen LogP contribution is -2.13. The van der Waals surface area contributed by atoms with Gasteiger partial charge in [0.05, 0.1) is 0 Å². The lowest BCUT2D eigenvalue weighted by atomic mass is 9.82. The zero-order valence-corrected chi connectivity index (χ0v) is 4.56. The molecule has 2 fully saturated rings. The molecule has 0 aromatic rings. The summed E-state index contributed by atoms with van der Waals surface area (Å²) < 4.78 is 0. The first kappa shape index (κ1) is 3.94. The Morgan fingerprint density at radius 2 is 1.71 bits per heavy atom. The third kappa shape index (κ3) is 0.568. The fraction of sp³-hybridized carbons (Fsp3) is 0.857. The van der Waals surface area contributed by atoms with Crippen LogP contribution in [-0.2, 0) is 0 Å². The molecule has 0 saturated heterocycles. The zero-order valence-electron chi connectivity index (χ0n) is 4.56. The second-order valence-electron chi connectivity index (χ2n) is 2.86. The van der Waals surface area contributed by atoms with Crippen molar-refractivity contribution in [2.45, 2.75) is 25.7 Å². The van der Waals surface area contributed by atoms with Gasteiger partial charge in [0.2, 0.25) is 0 Å². The Labute approximate surface area is 44.9 Å². The monoisotopic (exact) mass is 95.1 g/mol. The molecule has 0 nitrogen and oxygen atoms in total. The fourth-order valence-electron chi connectivity index (χ4n) is 1.31. The highest BCUT2D eigenvalue weighted by molar-refractivity contribution is 4.94. The minimum absolute atomic E-state index is 1.14. The van der Waals surface area contributed by atoms with Crippen molar-refractivity contribution in [2.24, 2.45) is 11.8 Å². The van der Waals surface area contributed by atoms with Crippen LogP contribution in [0, 0.1) is 18.3 Å². The summed E-state index contributed by atoms with van der Waals surface area (Å²) in [6.45, 7) is 0. The van der Waals surface area contributed by atoms with Gasteiger partial charge in [0, 0.05) is 0 Å². The topological polar surface area (TPSA) is 0 Å². The standard InChI is InChI=1S/C7H11/c1-2-6(3-1)7-4-5-7/h1,6-7H,2-5H2. The smallest absolute Gasteiger partial charge is 0.0380 e. The third-order valence-corrected chi connectivity index (χ3v) is 2.23. The molecule has 0 amide bonds. The van der Waals surface area contributed by atoms with Gasteiger partial charge >= 0.3 is 0 Å². The minimum Gasteiger partial charge on any atom is -0.0499 e. The van der Waals surface area contributed by atoms with Crippen molar-refractivity contribution in [3.63, 3.8) is 0 Å². The molecule has 2 aliphatic rings. The Morgan fingerprint density at radius 3 is 1.86 bits per heavy atom. The first-order chi connectivity index (χ1) is 3.47. The molecule has 0 unspecified atom stereocenters. The van der Waals surface area contributed by atoms with E-state index in [1.54, 1.807) is 12.8 Å². The second kappa shape index (κ2) is 1.24. The molecule has 0 N–H and O–H groups in total. The van der Waals surface area contributed by atoms with Gasteiger partial charge in [-0.15, -0.1) is 0 Å². The molecular formula is C7H11. The summed E-state index contributed by atoms with van der Waals surface area (Å²) in [5.74, 6) is 2.31. The van der Waals surface area contributed by atoms with Crippen LogP contribution in [-0.4, -0.2) is 0 Å². The molecule has 0 heterocycles.